The normalized spacial score (nSPS) is 17.4. The third kappa shape index (κ3) is 3.82. The molecule has 0 amide bonds. The molecular weight excluding hydrogens is 532 g/mol. The molecule has 0 saturated carbocycles. The highest BCUT2D eigenvalue weighted by molar-refractivity contribution is 6.19. The van der Waals surface area contributed by atoms with Gasteiger partial charge in [0.05, 0.1) is 46.7 Å². The first-order chi connectivity index (χ1) is 29.3. The minimum atomic E-state index is -0.694. The second kappa shape index (κ2) is 9.86. The van der Waals surface area contributed by atoms with Crippen molar-refractivity contribution in [3.63, 3.8) is 0 Å². The maximum absolute atomic E-state index is 9.51. The predicted octanol–water partition coefficient (Wildman–Crippen LogP) is 11.2. The molecule has 206 valence electrons. The van der Waals surface area contributed by atoms with Crippen LogP contribution in [0.2, 0.25) is 0 Å². The van der Waals surface area contributed by atoms with Crippen LogP contribution in [0.4, 0.5) is 0 Å². The molecule has 0 atom stereocenters. The molecule has 0 bridgehead atoms. The van der Waals surface area contributed by atoms with Gasteiger partial charge in [-0.25, -0.2) is 0 Å². The minimum absolute atomic E-state index is 0.197. The van der Waals surface area contributed by atoms with E-state index in [0.29, 0.717) is 43.6 Å². The van der Waals surface area contributed by atoms with Crippen molar-refractivity contribution in [3.05, 3.63) is 169 Å². The van der Waals surface area contributed by atoms with Crippen LogP contribution < -0.4 is 0 Å². The second-order valence-electron chi connectivity index (χ2n) is 10.0. The summed E-state index contributed by atoms with van der Waals surface area (Å²) in [6, 6.07) is 5.83. The fourth-order valence-corrected chi connectivity index (χ4v) is 5.80. The third-order valence-electron chi connectivity index (χ3n) is 7.64. The fraction of sp³-hybridized carbons (Fsp3) is 0. The van der Waals surface area contributed by atoms with Gasteiger partial charge in [-0.1, -0.05) is 121 Å². The van der Waals surface area contributed by atoms with E-state index in [1.165, 1.54) is 0 Å². The van der Waals surface area contributed by atoms with Crippen LogP contribution >= 0.6 is 0 Å². The zero-order valence-corrected chi connectivity index (χ0v) is 22.7. The average molecular weight is 579 g/mol. The maximum Gasteiger partial charge on any atom is 0.0651 e. The molecule has 0 aliphatic heterocycles. The third-order valence-corrected chi connectivity index (χ3v) is 7.64. The lowest BCUT2D eigenvalue weighted by molar-refractivity contribution is 1.17. The number of fused-ring (bicyclic) bond motifs is 6. The fourth-order valence-electron chi connectivity index (χ4n) is 5.80. The van der Waals surface area contributed by atoms with Crippen molar-refractivity contribution in [1.82, 2.24) is 9.13 Å². The molecule has 2 heteroatoms. The van der Waals surface area contributed by atoms with Crippen molar-refractivity contribution < 1.29 is 24.7 Å². The molecule has 0 aliphatic rings. The molecule has 2 aromatic heterocycles. The number of para-hydroxylation sites is 2. The Hall–Kier alpha value is -5.86. The van der Waals surface area contributed by atoms with Gasteiger partial charge < -0.3 is 9.13 Å². The Labute approximate surface area is 281 Å². The molecule has 0 spiro atoms. The summed E-state index contributed by atoms with van der Waals surface area (Å²) >= 11 is 0. The van der Waals surface area contributed by atoms with Gasteiger partial charge in [-0.15, -0.1) is 0 Å². The van der Waals surface area contributed by atoms with Crippen molar-refractivity contribution in [2.45, 2.75) is 0 Å². The van der Waals surface area contributed by atoms with Gasteiger partial charge in [-0.2, -0.15) is 0 Å². The van der Waals surface area contributed by atoms with Crippen LogP contribution in [0.25, 0.3) is 77.2 Å². The van der Waals surface area contributed by atoms with E-state index in [-0.39, 0.29) is 11.4 Å². The quantitative estimate of drug-likeness (QED) is 0.197. The largest absolute Gasteiger partial charge is 0.309 e. The lowest BCUT2D eigenvalue weighted by Gasteiger charge is -2.11. The molecule has 9 rings (SSSR count). The minimum Gasteiger partial charge on any atom is -0.309 e. The summed E-state index contributed by atoms with van der Waals surface area (Å²) in [7, 11) is 0. The van der Waals surface area contributed by atoms with E-state index in [2.05, 4.69) is 0 Å². The van der Waals surface area contributed by atoms with E-state index in [9.17, 15) is 2.74 Å². The number of nitrogens with zero attached hydrogens (tertiary/aromatic N) is 2. The summed E-state index contributed by atoms with van der Waals surface area (Å²) in [6.07, 6.45) is 0. The highest BCUT2D eigenvalue weighted by atomic mass is 15.0. The Morgan fingerprint density at radius 2 is 0.773 bits per heavy atom. The zero-order chi connectivity index (χ0) is 44.7. The van der Waals surface area contributed by atoms with E-state index >= 15 is 0 Å². The van der Waals surface area contributed by atoms with Crippen LogP contribution in [0.15, 0.2) is 169 Å². The smallest absolute Gasteiger partial charge is 0.0651 e. The van der Waals surface area contributed by atoms with Crippen LogP contribution in [0.3, 0.4) is 0 Å². The molecule has 0 saturated heterocycles. The number of hydrogen-bond acceptors (Lipinski definition) is 0. The van der Waals surface area contributed by atoms with Crippen molar-refractivity contribution in [3.8, 4) is 33.6 Å². The maximum atomic E-state index is 9.51. The summed E-state index contributed by atoms with van der Waals surface area (Å²) in [5.41, 5.74) is -0.489. The summed E-state index contributed by atoms with van der Waals surface area (Å²) in [5.74, 6) is 0. The van der Waals surface area contributed by atoms with Crippen molar-refractivity contribution in [2.24, 2.45) is 0 Å². The van der Waals surface area contributed by atoms with Crippen LogP contribution in [0, 0.1) is 0 Å². The molecule has 44 heavy (non-hydrogen) atoms. The van der Waals surface area contributed by atoms with Crippen molar-refractivity contribution in [1.29, 1.82) is 0 Å². The predicted molar refractivity (Wildman–Crippen MR) is 186 cm³/mol. The Morgan fingerprint density at radius 1 is 0.364 bits per heavy atom. The van der Waals surface area contributed by atoms with Gasteiger partial charge in [-0.05, 0) is 70.7 Å². The van der Waals surface area contributed by atoms with Gasteiger partial charge >= 0.3 is 0 Å². The number of rotatable bonds is 4. The highest BCUT2D eigenvalue weighted by Crippen LogP contribution is 2.40. The van der Waals surface area contributed by atoms with Gasteiger partial charge in [0, 0.05) is 32.9 Å². The molecule has 0 aliphatic carbocycles. The molecule has 0 unspecified atom stereocenters. The number of benzene rings is 7. The molecule has 7 aromatic carbocycles. The van der Waals surface area contributed by atoms with Crippen LogP contribution in [0.5, 0.6) is 0 Å². The molecule has 2 heterocycles. The lowest BCUT2D eigenvalue weighted by atomic mass is 10.1. The standard InChI is InChI=1S/C42H28N2/c1-3-13-29(14-4-1)31-17-11-19-33(25-31)43-39-23-9-7-21-35(39)37-28-42-38(27-41(37)43)36-22-8-10-24-40(36)44(42)34-20-12-18-32(26-34)30-15-5-2-6-16-30/h1-28H/i1D,2D,3D,4D,5D,6D,11D,12D,13D,14D,15D,16D,17D,18D,19D,20D,25D,26D. The Kier molecular flexibility index (Phi) is 2.87. The van der Waals surface area contributed by atoms with Gasteiger partial charge in [0.15, 0.2) is 0 Å². The monoisotopic (exact) mass is 578 g/mol. The summed E-state index contributed by atoms with van der Waals surface area (Å²) < 4.78 is 160. The first-order valence-corrected chi connectivity index (χ1v) is 13.7. The number of aromatic nitrogens is 2. The Morgan fingerprint density at radius 3 is 1.23 bits per heavy atom. The van der Waals surface area contributed by atoms with E-state index in [1.807, 2.05) is 0 Å². The second-order valence-corrected chi connectivity index (χ2v) is 10.0. The molecule has 2 nitrogen and oxygen atoms in total. The van der Waals surface area contributed by atoms with E-state index in [1.54, 1.807) is 69.8 Å². The van der Waals surface area contributed by atoms with Crippen molar-refractivity contribution >= 4 is 43.6 Å². The highest BCUT2D eigenvalue weighted by Gasteiger charge is 2.18. The molecule has 0 radical (unpaired) electrons. The number of hydrogen-bond donors (Lipinski definition) is 0. The first-order valence-electron chi connectivity index (χ1n) is 22.7. The summed E-state index contributed by atoms with van der Waals surface area (Å²) in [6.45, 7) is 0. The molecule has 0 fully saturated rings. The van der Waals surface area contributed by atoms with Gasteiger partial charge in [-0.3, -0.25) is 0 Å². The summed E-state index contributed by atoms with van der Waals surface area (Å²) in [4.78, 5) is 0. The topological polar surface area (TPSA) is 9.86 Å². The van der Waals surface area contributed by atoms with Crippen LogP contribution in [-0.4, -0.2) is 9.13 Å². The van der Waals surface area contributed by atoms with Gasteiger partial charge in [0.2, 0.25) is 0 Å². The van der Waals surface area contributed by atoms with Crippen LogP contribution in [-0.2, 0) is 0 Å². The van der Waals surface area contributed by atoms with Gasteiger partial charge in [0.1, 0.15) is 0 Å². The molecule has 9 aromatic rings. The van der Waals surface area contributed by atoms with E-state index in [4.69, 9.17) is 21.9 Å². The molecule has 0 N–H and O–H groups in total. The summed E-state index contributed by atoms with van der Waals surface area (Å²) in [5, 5.41) is 2.17. The zero-order valence-electron chi connectivity index (χ0n) is 40.7. The molecular formula is C42H28N2. The average Bonchev–Trinajstić information content (AvgIpc) is 3.75. The van der Waals surface area contributed by atoms with E-state index in [0.717, 1.165) is 0 Å². The van der Waals surface area contributed by atoms with Crippen molar-refractivity contribution in [2.75, 3.05) is 0 Å². The lowest BCUT2D eigenvalue weighted by Crippen LogP contribution is -1.95. The van der Waals surface area contributed by atoms with Gasteiger partial charge in [0.25, 0.3) is 0 Å². The SMILES string of the molecule is [2H]c1c([2H])c([2H])c(-c2c([2H])c([2H])c([2H])c(-n3c4ccccc4c4cc5c(cc43)c3ccccc3n5-c3c([2H])c([2H])c([2H])c(-c4c([2H])c([2H])c([2H])c([2H])c4[2H])c3[2H])c2[2H])c([2H])c1[2H]. The Balaban J connectivity index is 1.42. The van der Waals surface area contributed by atoms with E-state index < -0.39 is 131 Å². The Bertz CT molecular complexity index is 3230. The van der Waals surface area contributed by atoms with Crippen LogP contribution in [0.1, 0.15) is 24.7 Å². The first kappa shape index (κ1) is 12.8.